The number of piperazine rings is 1. The van der Waals surface area contributed by atoms with Crippen LogP contribution in [0.1, 0.15) is 18.4 Å². The summed E-state index contributed by atoms with van der Waals surface area (Å²) >= 11 is 0. The van der Waals surface area contributed by atoms with Gasteiger partial charge in [0.1, 0.15) is 5.82 Å². The summed E-state index contributed by atoms with van der Waals surface area (Å²) in [7, 11) is 0. The first kappa shape index (κ1) is 16.9. The van der Waals surface area contributed by atoms with Crippen molar-refractivity contribution in [1.82, 2.24) is 24.8 Å². The SMILES string of the molecule is CCc1cc(N2CCN(c3ccc4nnc(C)n4n3)CC2)c2ccccc2n1. The summed E-state index contributed by atoms with van der Waals surface area (Å²) in [6, 6.07) is 14.7. The van der Waals surface area contributed by atoms with Crippen LogP contribution in [0.25, 0.3) is 16.6 Å². The lowest BCUT2D eigenvalue weighted by Gasteiger charge is -2.37. The van der Waals surface area contributed by atoms with Crippen LogP contribution in [-0.2, 0) is 6.42 Å². The van der Waals surface area contributed by atoms with E-state index < -0.39 is 0 Å². The maximum absolute atomic E-state index is 4.78. The molecule has 0 amide bonds. The number of hydrogen-bond acceptors (Lipinski definition) is 6. The van der Waals surface area contributed by atoms with Crippen molar-refractivity contribution in [1.29, 1.82) is 0 Å². The van der Waals surface area contributed by atoms with Crippen LogP contribution < -0.4 is 9.80 Å². The highest BCUT2D eigenvalue weighted by molar-refractivity contribution is 5.92. The normalized spacial score (nSPS) is 14.9. The zero-order valence-corrected chi connectivity index (χ0v) is 16.2. The number of rotatable bonds is 3. The molecule has 0 aliphatic carbocycles. The van der Waals surface area contributed by atoms with Gasteiger partial charge in [-0.05, 0) is 37.6 Å². The molecule has 4 aromatic rings. The van der Waals surface area contributed by atoms with Crippen molar-refractivity contribution in [3.63, 3.8) is 0 Å². The lowest BCUT2D eigenvalue weighted by molar-refractivity contribution is 0.641. The third-order valence-electron chi connectivity index (χ3n) is 5.46. The zero-order valence-electron chi connectivity index (χ0n) is 16.2. The van der Waals surface area contributed by atoms with Crippen molar-refractivity contribution in [3.05, 3.63) is 54.0 Å². The molecule has 4 heterocycles. The Bertz CT molecular complexity index is 1140. The molecule has 0 N–H and O–H groups in total. The maximum Gasteiger partial charge on any atom is 0.178 e. The number of anilines is 2. The van der Waals surface area contributed by atoms with E-state index in [1.165, 1.54) is 11.1 Å². The van der Waals surface area contributed by atoms with Crippen LogP contribution >= 0.6 is 0 Å². The van der Waals surface area contributed by atoms with E-state index in [1.54, 1.807) is 0 Å². The summed E-state index contributed by atoms with van der Waals surface area (Å²) in [6.45, 7) is 7.85. The van der Waals surface area contributed by atoms with Gasteiger partial charge in [0.25, 0.3) is 0 Å². The van der Waals surface area contributed by atoms with E-state index in [0.29, 0.717) is 0 Å². The van der Waals surface area contributed by atoms with E-state index in [9.17, 15) is 0 Å². The first-order valence-corrected chi connectivity index (χ1v) is 9.80. The quantitative estimate of drug-likeness (QED) is 0.550. The molecule has 5 rings (SSSR count). The molecular weight excluding hydrogens is 350 g/mol. The fourth-order valence-electron chi connectivity index (χ4n) is 3.88. The summed E-state index contributed by atoms with van der Waals surface area (Å²) in [6.07, 6.45) is 0.944. The van der Waals surface area contributed by atoms with Crippen LogP contribution in [0.15, 0.2) is 42.5 Å². The van der Waals surface area contributed by atoms with Gasteiger partial charge in [-0.25, -0.2) is 0 Å². The van der Waals surface area contributed by atoms with Crippen LogP contribution in [0.4, 0.5) is 11.5 Å². The van der Waals surface area contributed by atoms with Gasteiger partial charge in [0.05, 0.1) is 5.52 Å². The van der Waals surface area contributed by atoms with Crippen molar-refractivity contribution >= 4 is 28.1 Å². The number of hydrogen-bond donors (Lipinski definition) is 0. The van der Waals surface area contributed by atoms with Gasteiger partial charge < -0.3 is 9.80 Å². The molecule has 1 aliphatic rings. The van der Waals surface area contributed by atoms with Gasteiger partial charge in [0.15, 0.2) is 11.5 Å². The van der Waals surface area contributed by atoms with Crippen LogP contribution in [-0.4, -0.2) is 51.0 Å². The van der Waals surface area contributed by atoms with Crippen molar-refractivity contribution in [2.24, 2.45) is 0 Å². The minimum atomic E-state index is 0.787. The van der Waals surface area contributed by atoms with Crippen LogP contribution in [0.5, 0.6) is 0 Å². The van der Waals surface area contributed by atoms with E-state index in [1.807, 2.05) is 23.6 Å². The predicted octanol–water partition coefficient (Wildman–Crippen LogP) is 2.87. The average molecular weight is 373 g/mol. The van der Waals surface area contributed by atoms with Gasteiger partial charge in [0.2, 0.25) is 0 Å². The van der Waals surface area contributed by atoms with Gasteiger partial charge >= 0.3 is 0 Å². The first-order valence-electron chi connectivity index (χ1n) is 9.80. The minimum Gasteiger partial charge on any atom is -0.367 e. The third-order valence-corrected chi connectivity index (χ3v) is 5.46. The highest BCUT2D eigenvalue weighted by atomic mass is 15.4. The molecule has 0 unspecified atom stereocenters. The Hall–Kier alpha value is -3.22. The number of para-hydroxylation sites is 1. The largest absolute Gasteiger partial charge is 0.367 e. The Labute approximate surface area is 163 Å². The lowest BCUT2D eigenvalue weighted by atomic mass is 10.1. The monoisotopic (exact) mass is 373 g/mol. The highest BCUT2D eigenvalue weighted by Crippen LogP contribution is 2.28. The van der Waals surface area contributed by atoms with Crippen molar-refractivity contribution in [3.8, 4) is 0 Å². The molecule has 0 bridgehead atoms. The molecule has 0 atom stereocenters. The highest BCUT2D eigenvalue weighted by Gasteiger charge is 2.21. The van der Waals surface area contributed by atoms with Crippen molar-refractivity contribution in [2.75, 3.05) is 36.0 Å². The Morgan fingerprint density at radius 3 is 2.54 bits per heavy atom. The van der Waals surface area contributed by atoms with E-state index in [-0.39, 0.29) is 0 Å². The number of fused-ring (bicyclic) bond motifs is 2. The topological polar surface area (TPSA) is 62.5 Å². The Morgan fingerprint density at radius 2 is 1.71 bits per heavy atom. The Balaban J connectivity index is 1.41. The fourth-order valence-corrected chi connectivity index (χ4v) is 3.88. The van der Waals surface area contributed by atoms with E-state index in [4.69, 9.17) is 10.1 Å². The molecule has 1 saturated heterocycles. The molecular formula is C21H23N7. The molecule has 1 aliphatic heterocycles. The molecule has 1 fully saturated rings. The smallest absolute Gasteiger partial charge is 0.178 e. The van der Waals surface area contributed by atoms with Crippen LogP contribution in [0, 0.1) is 6.92 Å². The molecule has 142 valence electrons. The molecule has 28 heavy (non-hydrogen) atoms. The van der Waals surface area contributed by atoms with Gasteiger partial charge in [-0.15, -0.1) is 15.3 Å². The Kier molecular flexibility index (Phi) is 4.07. The van der Waals surface area contributed by atoms with Crippen LogP contribution in [0.3, 0.4) is 0 Å². The van der Waals surface area contributed by atoms with Crippen molar-refractivity contribution in [2.45, 2.75) is 20.3 Å². The number of aryl methyl sites for hydroxylation is 2. The second-order valence-electron chi connectivity index (χ2n) is 7.19. The number of benzene rings is 1. The average Bonchev–Trinajstić information content (AvgIpc) is 3.13. The second kappa shape index (κ2) is 6.74. The molecule has 7 nitrogen and oxygen atoms in total. The first-order chi connectivity index (χ1) is 13.7. The summed E-state index contributed by atoms with van der Waals surface area (Å²) < 4.78 is 1.81. The van der Waals surface area contributed by atoms with Gasteiger partial charge in [-0.1, -0.05) is 25.1 Å². The zero-order chi connectivity index (χ0) is 19.1. The number of aromatic nitrogens is 5. The van der Waals surface area contributed by atoms with Gasteiger partial charge in [-0.3, -0.25) is 4.98 Å². The van der Waals surface area contributed by atoms with E-state index in [0.717, 1.165) is 61.1 Å². The summed E-state index contributed by atoms with van der Waals surface area (Å²) in [5.74, 6) is 1.79. The van der Waals surface area contributed by atoms with Gasteiger partial charge in [0, 0.05) is 42.9 Å². The molecule has 7 heteroatoms. The Morgan fingerprint density at radius 1 is 0.929 bits per heavy atom. The van der Waals surface area contributed by atoms with E-state index in [2.05, 4.69) is 57.3 Å². The predicted molar refractivity (Wildman–Crippen MR) is 111 cm³/mol. The number of pyridine rings is 1. The second-order valence-corrected chi connectivity index (χ2v) is 7.19. The van der Waals surface area contributed by atoms with Crippen molar-refractivity contribution < 1.29 is 0 Å². The fraction of sp³-hybridized carbons (Fsp3) is 0.333. The molecule has 3 aromatic heterocycles. The molecule has 1 aromatic carbocycles. The summed E-state index contributed by atoms with van der Waals surface area (Å²) in [5, 5.41) is 14.2. The maximum atomic E-state index is 4.78. The standard InChI is InChI=1S/C21H23N7/c1-3-16-14-19(17-6-4-5-7-18(17)22-16)26-10-12-27(13-11-26)21-9-8-20-24-23-15(2)28(20)25-21/h4-9,14H,3,10-13H2,1-2H3. The lowest BCUT2D eigenvalue weighted by Crippen LogP contribution is -2.47. The third kappa shape index (κ3) is 2.83. The van der Waals surface area contributed by atoms with Crippen LogP contribution in [0.2, 0.25) is 0 Å². The van der Waals surface area contributed by atoms with E-state index >= 15 is 0 Å². The summed E-state index contributed by atoms with van der Waals surface area (Å²) in [5.41, 5.74) is 4.30. The minimum absolute atomic E-state index is 0.787. The molecule has 0 spiro atoms. The molecule has 0 saturated carbocycles. The van der Waals surface area contributed by atoms with Gasteiger partial charge in [-0.2, -0.15) is 4.52 Å². The summed E-state index contributed by atoms with van der Waals surface area (Å²) in [4.78, 5) is 9.59. The molecule has 0 radical (unpaired) electrons. The number of nitrogens with zero attached hydrogens (tertiary/aromatic N) is 7.